The third kappa shape index (κ3) is 2.73. The van der Waals surface area contributed by atoms with Gasteiger partial charge in [-0.1, -0.05) is 33.3 Å². The van der Waals surface area contributed by atoms with Crippen molar-refractivity contribution in [2.75, 3.05) is 6.54 Å². The van der Waals surface area contributed by atoms with E-state index in [0.717, 1.165) is 19.3 Å². The van der Waals surface area contributed by atoms with E-state index in [1.54, 1.807) is 0 Å². The quantitative estimate of drug-likeness (QED) is 0.759. The largest absolute Gasteiger partial charge is 0.462 e. The standard InChI is InChI=1S/C23H35NO3/c1-5-20(26)27-19-7-6-17(23(19,4)12-24)21-13(2)22(3)9-8-14(25)10-18(22)15-11-16(15)21/h10,13,15-17,19,21H,5-9,11-12,24H2,1-4H3. The number of rotatable bonds is 4. The average Bonchev–Trinajstić information content (AvgIpc) is 3.37. The molecule has 8 atom stereocenters. The van der Waals surface area contributed by atoms with Gasteiger partial charge in [0.1, 0.15) is 6.10 Å². The van der Waals surface area contributed by atoms with Crippen LogP contribution in [0.2, 0.25) is 0 Å². The highest BCUT2D eigenvalue weighted by Gasteiger charge is 2.64. The molecule has 0 aliphatic heterocycles. The Morgan fingerprint density at radius 2 is 2.07 bits per heavy atom. The maximum absolute atomic E-state index is 12.1. The molecule has 4 aliphatic carbocycles. The first kappa shape index (κ1) is 19.2. The van der Waals surface area contributed by atoms with Gasteiger partial charge < -0.3 is 10.5 Å². The van der Waals surface area contributed by atoms with Crippen molar-refractivity contribution in [2.24, 2.45) is 46.2 Å². The number of carbonyl (C=O) groups is 2. The second kappa shape index (κ2) is 6.43. The molecule has 150 valence electrons. The van der Waals surface area contributed by atoms with Gasteiger partial charge in [-0.2, -0.15) is 0 Å². The number of ketones is 1. The van der Waals surface area contributed by atoms with Crippen molar-refractivity contribution in [3.63, 3.8) is 0 Å². The summed E-state index contributed by atoms with van der Waals surface area (Å²) < 4.78 is 5.84. The zero-order valence-corrected chi connectivity index (χ0v) is 17.3. The second-order valence-corrected chi connectivity index (χ2v) is 10.1. The van der Waals surface area contributed by atoms with Crippen molar-refractivity contribution in [3.8, 4) is 0 Å². The van der Waals surface area contributed by atoms with E-state index in [2.05, 4.69) is 20.8 Å². The molecule has 0 amide bonds. The molecular formula is C23H35NO3. The lowest BCUT2D eigenvalue weighted by atomic mass is 9.52. The predicted octanol–water partition coefficient (Wildman–Crippen LogP) is 3.88. The summed E-state index contributed by atoms with van der Waals surface area (Å²) in [6.45, 7) is 9.47. The van der Waals surface area contributed by atoms with E-state index in [0.29, 0.717) is 54.8 Å². The molecule has 4 heteroatoms. The molecule has 0 heterocycles. The number of hydrogen-bond acceptors (Lipinski definition) is 4. The van der Waals surface area contributed by atoms with Crippen LogP contribution in [0.1, 0.15) is 66.2 Å². The summed E-state index contributed by atoms with van der Waals surface area (Å²) in [5, 5.41) is 0. The molecule has 0 radical (unpaired) electrons. The number of hydrogen-bond donors (Lipinski definition) is 1. The summed E-state index contributed by atoms with van der Waals surface area (Å²) in [6.07, 6.45) is 7.28. The fraction of sp³-hybridized carbons (Fsp3) is 0.826. The minimum atomic E-state index is -0.140. The highest BCUT2D eigenvalue weighted by Crippen LogP contribution is 2.70. The third-order valence-electron chi connectivity index (χ3n) is 8.97. The molecule has 4 aliphatic rings. The van der Waals surface area contributed by atoms with Crippen molar-refractivity contribution < 1.29 is 14.3 Å². The van der Waals surface area contributed by atoms with E-state index in [9.17, 15) is 9.59 Å². The third-order valence-corrected chi connectivity index (χ3v) is 8.97. The van der Waals surface area contributed by atoms with Gasteiger partial charge in [-0.15, -0.1) is 0 Å². The molecule has 0 aromatic carbocycles. The maximum atomic E-state index is 12.1. The van der Waals surface area contributed by atoms with Crippen molar-refractivity contribution in [1.29, 1.82) is 0 Å². The lowest BCUT2D eigenvalue weighted by molar-refractivity contribution is -0.155. The summed E-state index contributed by atoms with van der Waals surface area (Å²) in [5.41, 5.74) is 7.75. The normalized spacial score (nSPS) is 48.5. The number of carbonyl (C=O) groups excluding carboxylic acids is 2. The molecule has 4 rings (SSSR count). The molecule has 0 spiro atoms. The van der Waals surface area contributed by atoms with Crippen molar-refractivity contribution >= 4 is 11.8 Å². The Morgan fingerprint density at radius 1 is 1.33 bits per heavy atom. The summed E-state index contributed by atoms with van der Waals surface area (Å²) in [4.78, 5) is 24.0. The van der Waals surface area contributed by atoms with E-state index >= 15 is 0 Å². The first-order valence-corrected chi connectivity index (χ1v) is 10.9. The average molecular weight is 374 g/mol. The maximum Gasteiger partial charge on any atom is 0.305 e. The highest BCUT2D eigenvalue weighted by atomic mass is 16.5. The van der Waals surface area contributed by atoms with Gasteiger partial charge in [-0.25, -0.2) is 0 Å². The molecule has 0 saturated heterocycles. The van der Waals surface area contributed by atoms with E-state index in [-0.39, 0.29) is 22.9 Å². The van der Waals surface area contributed by atoms with Crippen LogP contribution >= 0.6 is 0 Å². The SMILES string of the molecule is CCC(=O)OC1CCC(C2C3CC3C3=CC(=O)CCC3(C)C2C)C1(C)CN. The van der Waals surface area contributed by atoms with Crippen LogP contribution in [-0.2, 0) is 14.3 Å². The fourth-order valence-corrected chi connectivity index (χ4v) is 6.98. The molecule has 0 bridgehead atoms. The molecule has 27 heavy (non-hydrogen) atoms. The fourth-order valence-electron chi connectivity index (χ4n) is 6.98. The molecular weight excluding hydrogens is 338 g/mol. The van der Waals surface area contributed by atoms with Crippen molar-refractivity contribution in [1.82, 2.24) is 0 Å². The van der Waals surface area contributed by atoms with E-state index in [1.165, 1.54) is 12.0 Å². The molecule has 0 aromatic heterocycles. The van der Waals surface area contributed by atoms with Crippen LogP contribution in [-0.4, -0.2) is 24.4 Å². The Kier molecular flexibility index (Phi) is 4.57. The topological polar surface area (TPSA) is 69.4 Å². The Bertz CT molecular complexity index is 685. The smallest absolute Gasteiger partial charge is 0.305 e. The Morgan fingerprint density at radius 3 is 2.74 bits per heavy atom. The highest BCUT2D eigenvalue weighted by molar-refractivity contribution is 5.92. The molecule has 3 saturated carbocycles. The Hall–Kier alpha value is -1.16. The minimum Gasteiger partial charge on any atom is -0.462 e. The summed E-state index contributed by atoms with van der Waals surface area (Å²) in [6, 6.07) is 0. The Balaban J connectivity index is 1.63. The number of nitrogens with two attached hydrogens (primary N) is 1. The van der Waals surface area contributed by atoms with Gasteiger partial charge in [0.05, 0.1) is 0 Å². The van der Waals surface area contributed by atoms with Crippen LogP contribution in [0, 0.1) is 40.4 Å². The van der Waals surface area contributed by atoms with Crippen LogP contribution in [0.4, 0.5) is 0 Å². The predicted molar refractivity (Wildman–Crippen MR) is 105 cm³/mol. The van der Waals surface area contributed by atoms with Crippen LogP contribution in [0.25, 0.3) is 0 Å². The lowest BCUT2D eigenvalue weighted by Gasteiger charge is -2.52. The minimum absolute atomic E-state index is 0.0537. The summed E-state index contributed by atoms with van der Waals surface area (Å²) >= 11 is 0. The summed E-state index contributed by atoms with van der Waals surface area (Å²) in [5.74, 6) is 3.14. The summed E-state index contributed by atoms with van der Waals surface area (Å²) in [7, 11) is 0. The molecule has 2 N–H and O–H groups in total. The first-order chi connectivity index (χ1) is 12.8. The van der Waals surface area contributed by atoms with Gasteiger partial charge in [0.2, 0.25) is 0 Å². The van der Waals surface area contributed by atoms with E-state index < -0.39 is 0 Å². The van der Waals surface area contributed by atoms with Gasteiger partial charge in [-0.3, -0.25) is 9.59 Å². The van der Waals surface area contributed by atoms with Gasteiger partial charge >= 0.3 is 5.97 Å². The molecule has 3 fully saturated rings. The van der Waals surface area contributed by atoms with Crippen molar-refractivity contribution in [2.45, 2.75) is 72.3 Å². The van der Waals surface area contributed by atoms with Crippen LogP contribution in [0.5, 0.6) is 0 Å². The van der Waals surface area contributed by atoms with Crippen LogP contribution in [0.3, 0.4) is 0 Å². The van der Waals surface area contributed by atoms with Gasteiger partial charge in [0.15, 0.2) is 5.78 Å². The van der Waals surface area contributed by atoms with Crippen molar-refractivity contribution in [3.05, 3.63) is 11.6 Å². The molecule has 4 nitrogen and oxygen atoms in total. The van der Waals surface area contributed by atoms with Gasteiger partial charge in [0.25, 0.3) is 0 Å². The molecule has 8 unspecified atom stereocenters. The number of esters is 1. The number of ether oxygens (including phenoxy) is 1. The number of allylic oxidation sites excluding steroid dienone is 2. The zero-order chi connectivity index (χ0) is 19.6. The van der Waals surface area contributed by atoms with Gasteiger partial charge in [0, 0.05) is 24.8 Å². The zero-order valence-electron chi connectivity index (χ0n) is 17.3. The monoisotopic (exact) mass is 373 g/mol. The van der Waals surface area contributed by atoms with Crippen LogP contribution in [0.15, 0.2) is 11.6 Å². The number of fused-ring (bicyclic) bond motifs is 3. The lowest BCUT2D eigenvalue weighted by Crippen LogP contribution is -2.50. The van der Waals surface area contributed by atoms with Gasteiger partial charge in [-0.05, 0) is 66.8 Å². The first-order valence-electron chi connectivity index (χ1n) is 10.9. The van der Waals surface area contributed by atoms with Crippen LogP contribution < -0.4 is 5.73 Å². The van der Waals surface area contributed by atoms with E-state index in [1.807, 2.05) is 13.0 Å². The second-order valence-electron chi connectivity index (χ2n) is 10.1. The Labute approximate surface area is 163 Å². The molecule has 0 aromatic rings. The van der Waals surface area contributed by atoms with E-state index in [4.69, 9.17) is 10.5 Å².